The number of quaternary nitrogens is 1. The Hall–Kier alpha value is -1.25. The number of ether oxygens (including phenoxy) is 2. The van der Waals surface area contributed by atoms with Gasteiger partial charge in [0.15, 0.2) is 6.10 Å². The van der Waals surface area contributed by atoms with E-state index in [1.54, 1.807) is 0 Å². The highest BCUT2D eigenvalue weighted by Crippen LogP contribution is 2.43. The van der Waals surface area contributed by atoms with Crippen molar-refractivity contribution in [2.24, 2.45) is 0 Å². The summed E-state index contributed by atoms with van der Waals surface area (Å²) in [6, 6.07) is 0. The molecule has 0 radical (unpaired) electrons. The predicted molar refractivity (Wildman–Crippen MR) is 220 cm³/mol. The molecule has 0 aliphatic rings. The fourth-order valence-corrected chi connectivity index (χ4v) is 6.81. The van der Waals surface area contributed by atoms with Gasteiger partial charge in [-0.2, -0.15) is 0 Å². The maximum atomic E-state index is 12.7. The van der Waals surface area contributed by atoms with Gasteiger partial charge in [0, 0.05) is 12.8 Å². The molecule has 2 atom stereocenters. The molecule has 9 nitrogen and oxygen atoms in total. The summed E-state index contributed by atoms with van der Waals surface area (Å²) >= 11 is 0. The minimum Gasteiger partial charge on any atom is -0.462 e. The lowest BCUT2D eigenvalue weighted by Gasteiger charge is -2.24. The van der Waals surface area contributed by atoms with Gasteiger partial charge in [-0.05, 0) is 38.5 Å². The molecule has 0 aromatic rings. The molecule has 0 bridgehead atoms. The van der Waals surface area contributed by atoms with E-state index in [4.69, 9.17) is 18.5 Å². The van der Waals surface area contributed by atoms with Crippen molar-refractivity contribution in [3.63, 3.8) is 0 Å². The van der Waals surface area contributed by atoms with Crippen molar-refractivity contribution in [1.29, 1.82) is 0 Å². The van der Waals surface area contributed by atoms with Gasteiger partial charge in [-0.15, -0.1) is 0 Å². The number of carbonyl (C=O) groups is 2. The number of carbonyl (C=O) groups excluding carboxylic acids is 2. The van der Waals surface area contributed by atoms with Gasteiger partial charge in [0.1, 0.15) is 19.8 Å². The third-order valence-corrected chi connectivity index (χ3v) is 10.5. The van der Waals surface area contributed by atoms with E-state index < -0.39 is 26.5 Å². The average molecular weight is 775 g/mol. The van der Waals surface area contributed by atoms with Crippen LogP contribution in [0.4, 0.5) is 0 Å². The first-order chi connectivity index (χ1) is 25.5. The second kappa shape index (κ2) is 36.4. The van der Waals surface area contributed by atoms with Crippen LogP contribution in [-0.4, -0.2) is 74.9 Å². The minimum absolute atomic E-state index is 0.0335. The maximum absolute atomic E-state index is 12.7. The molecular weight excluding hydrogens is 689 g/mol. The number of likely N-dealkylation sites (N-methyl/N-ethyl adjacent to an activating group) is 1. The van der Waals surface area contributed by atoms with E-state index in [0.29, 0.717) is 17.4 Å². The van der Waals surface area contributed by atoms with E-state index in [-0.39, 0.29) is 32.0 Å². The van der Waals surface area contributed by atoms with E-state index in [1.165, 1.54) is 116 Å². The highest BCUT2D eigenvalue weighted by atomic mass is 31.2. The minimum atomic E-state index is -4.37. The van der Waals surface area contributed by atoms with Crippen LogP contribution in [0.25, 0.3) is 0 Å². The van der Waals surface area contributed by atoms with Crippen LogP contribution in [0.1, 0.15) is 200 Å². The highest BCUT2D eigenvalue weighted by Gasteiger charge is 2.27. The summed E-state index contributed by atoms with van der Waals surface area (Å²) in [7, 11) is 1.48. The fraction of sp³-hybridized carbons (Fsp3) is 0.907. The largest absolute Gasteiger partial charge is 0.472 e. The summed E-state index contributed by atoms with van der Waals surface area (Å²) in [6.07, 6.45) is 36.8. The van der Waals surface area contributed by atoms with Gasteiger partial charge in [0.2, 0.25) is 0 Å². The van der Waals surface area contributed by atoms with E-state index in [9.17, 15) is 19.0 Å². The second-order valence-corrected chi connectivity index (χ2v) is 17.5. The van der Waals surface area contributed by atoms with Gasteiger partial charge in [0.05, 0.1) is 27.7 Å². The van der Waals surface area contributed by atoms with Crippen molar-refractivity contribution in [2.45, 2.75) is 206 Å². The summed E-state index contributed by atoms with van der Waals surface area (Å²) < 4.78 is 34.3. The molecule has 0 saturated carbocycles. The first-order valence-electron chi connectivity index (χ1n) is 21.9. The van der Waals surface area contributed by atoms with Crippen molar-refractivity contribution in [2.75, 3.05) is 47.5 Å². The molecule has 0 spiro atoms. The van der Waals surface area contributed by atoms with Crippen molar-refractivity contribution in [3.05, 3.63) is 12.2 Å². The molecule has 53 heavy (non-hydrogen) atoms. The number of unbranched alkanes of at least 4 members (excludes halogenated alkanes) is 24. The predicted octanol–water partition coefficient (Wildman–Crippen LogP) is 12.2. The van der Waals surface area contributed by atoms with Crippen LogP contribution < -0.4 is 0 Å². The van der Waals surface area contributed by atoms with Crippen molar-refractivity contribution in [3.8, 4) is 0 Å². The summed E-state index contributed by atoms with van der Waals surface area (Å²) in [4.78, 5) is 35.3. The Balaban J connectivity index is 4.35. The van der Waals surface area contributed by atoms with E-state index >= 15 is 0 Å². The molecular formula is C43H85NO8P+. The summed E-state index contributed by atoms with van der Waals surface area (Å²) in [5, 5.41) is 0. The van der Waals surface area contributed by atoms with Crippen molar-refractivity contribution < 1.29 is 42.1 Å². The molecule has 0 aliphatic heterocycles. The average Bonchev–Trinajstić information content (AvgIpc) is 3.10. The third kappa shape index (κ3) is 40.2. The Morgan fingerprint density at radius 1 is 0.566 bits per heavy atom. The van der Waals surface area contributed by atoms with Gasteiger partial charge < -0.3 is 18.9 Å². The number of allylic oxidation sites excluding steroid dienone is 2. The molecule has 0 heterocycles. The zero-order valence-electron chi connectivity index (χ0n) is 35.3. The van der Waals surface area contributed by atoms with Crippen LogP contribution in [0.15, 0.2) is 12.2 Å². The Kier molecular flexibility index (Phi) is 35.5. The zero-order chi connectivity index (χ0) is 39.3. The van der Waals surface area contributed by atoms with Crippen molar-refractivity contribution in [1.82, 2.24) is 0 Å². The fourth-order valence-electron chi connectivity index (χ4n) is 6.07. The first kappa shape index (κ1) is 51.8. The molecule has 1 N–H and O–H groups in total. The Bertz CT molecular complexity index is 922. The Morgan fingerprint density at radius 2 is 0.962 bits per heavy atom. The van der Waals surface area contributed by atoms with Crippen LogP contribution >= 0.6 is 7.82 Å². The van der Waals surface area contributed by atoms with Gasteiger partial charge in [-0.25, -0.2) is 4.57 Å². The standard InChI is InChI=1S/C43H84NO8P/c1-6-8-10-12-14-16-18-20-22-24-26-28-30-32-34-36-43(46)52-41(40-51-53(47,48)50-38-37-44(3,4)5)39-49-42(45)35-33-31-29-27-25-23-21-19-17-15-13-11-9-7-2/h19,21,41H,6-18,20,22-40H2,1-5H3/p+1/b21-19+/t41-/m1/s1. The maximum Gasteiger partial charge on any atom is 0.472 e. The van der Waals surface area contributed by atoms with E-state index in [0.717, 1.165) is 51.4 Å². The summed E-state index contributed by atoms with van der Waals surface area (Å²) in [6.45, 7) is 4.42. The zero-order valence-corrected chi connectivity index (χ0v) is 36.2. The monoisotopic (exact) mass is 775 g/mol. The first-order valence-corrected chi connectivity index (χ1v) is 23.4. The number of esters is 2. The topological polar surface area (TPSA) is 108 Å². The molecule has 0 aromatic carbocycles. The van der Waals surface area contributed by atoms with Gasteiger partial charge in [0.25, 0.3) is 0 Å². The van der Waals surface area contributed by atoms with Crippen LogP contribution in [-0.2, 0) is 32.7 Å². The Morgan fingerprint density at radius 3 is 1.40 bits per heavy atom. The molecule has 0 rings (SSSR count). The molecule has 0 fully saturated rings. The van der Waals surface area contributed by atoms with Crippen LogP contribution in [0.2, 0.25) is 0 Å². The lowest BCUT2D eigenvalue weighted by Crippen LogP contribution is -2.37. The molecule has 0 aromatic heterocycles. The normalized spacial score (nSPS) is 13.7. The number of nitrogens with zero attached hydrogens (tertiary/aromatic N) is 1. The van der Waals surface area contributed by atoms with Gasteiger partial charge in [-0.3, -0.25) is 18.6 Å². The van der Waals surface area contributed by atoms with Crippen molar-refractivity contribution >= 4 is 19.8 Å². The van der Waals surface area contributed by atoms with Gasteiger partial charge >= 0.3 is 19.8 Å². The molecule has 314 valence electrons. The molecule has 0 aliphatic carbocycles. The summed E-state index contributed by atoms with van der Waals surface area (Å²) in [5.74, 6) is -0.799. The summed E-state index contributed by atoms with van der Waals surface area (Å²) in [5.41, 5.74) is 0. The number of hydrogen-bond donors (Lipinski definition) is 1. The van der Waals surface area contributed by atoms with E-state index in [1.807, 2.05) is 21.1 Å². The number of phosphoric acid groups is 1. The molecule has 0 amide bonds. The lowest BCUT2D eigenvalue weighted by atomic mass is 10.0. The van der Waals surface area contributed by atoms with E-state index in [2.05, 4.69) is 26.0 Å². The molecule has 0 saturated heterocycles. The molecule has 1 unspecified atom stereocenters. The SMILES string of the molecule is CCCCCCC/C=C/CCCCCCCC(=O)OC[C@H](COP(=O)(O)OCC[N+](C)(C)C)OC(=O)CCCCCCCCCCCCCCCCC. The number of hydrogen-bond acceptors (Lipinski definition) is 7. The number of phosphoric ester groups is 1. The quantitative estimate of drug-likeness (QED) is 0.0215. The third-order valence-electron chi connectivity index (χ3n) is 9.55. The lowest BCUT2D eigenvalue weighted by molar-refractivity contribution is -0.870. The number of rotatable bonds is 40. The van der Waals surface area contributed by atoms with Crippen LogP contribution in [0.5, 0.6) is 0 Å². The van der Waals surface area contributed by atoms with Crippen LogP contribution in [0.3, 0.4) is 0 Å². The van der Waals surface area contributed by atoms with Gasteiger partial charge in [-0.1, -0.05) is 161 Å². The smallest absolute Gasteiger partial charge is 0.462 e. The highest BCUT2D eigenvalue weighted by molar-refractivity contribution is 7.47. The second-order valence-electron chi connectivity index (χ2n) is 16.1. The molecule has 10 heteroatoms. The Labute approximate surface area is 326 Å². The van der Waals surface area contributed by atoms with Crippen LogP contribution in [0, 0.1) is 0 Å².